The number of hydrogen-bond donors (Lipinski definition) is 2. The van der Waals surface area contributed by atoms with Crippen molar-refractivity contribution in [1.29, 1.82) is 0 Å². The minimum Gasteiger partial charge on any atom is -0.389 e. The molecule has 0 aliphatic rings. The topological polar surface area (TPSA) is 85.1 Å². The summed E-state index contributed by atoms with van der Waals surface area (Å²) in [6.07, 6.45) is 2.27. The third kappa shape index (κ3) is 4.07. The van der Waals surface area contributed by atoms with E-state index in [0.717, 1.165) is 5.01 Å². The van der Waals surface area contributed by atoms with Crippen molar-refractivity contribution < 1.29 is 8.42 Å². The first kappa shape index (κ1) is 16.0. The number of aryl methyl sites for hydroxylation is 1. The van der Waals surface area contributed by atoms with Gasteiger partial charge in [0.25, 0.3) is 0 Å². The van der Waals surface area contributed by atoms with Gasteiger partial charge >= 0.3 is 0 Å². The number of thiazole rings is 1. The number of rotatable bonds is 6. The second-order valence-corrected chi connectivity index (χ2v) is 7.57. The molecule has 0 spiro atoms. The van der Waals surface area contributed by atoms with E-state index in [-0.39, 0.29) is 9.88 Å². The Hall–Kier alpha value is -1.35. The predicted molar refractivity (Wildman–Crippen MR) is 88.1 cm³/mol. The molecular formula is C13H15N3O2S3. The van der Waals surface area contributed by atoms with Crippen molar-refractivity contribution in [1.82, 2.24) is 9.71 Å². The number of thiocarbonyl (C=S) groups is 1. The van der Waals surface area contributed by atoms with E-state index in [1.807, 2.05) is 5.38 Å². The van der Waals surface area contributed by atoms with Crippen LogP contribution in [0.2, 0.25) is 0 Å². The van der Waals surface area contributed by atoms with E-state index in [1.54, 1.807) is 25.3 Å². The third-order valence-electron chi connectivity index (χ3n) is 2.86. The van der Waals surface area contributed by atoms with Gasteiger partial charge in [-0.15, -0.1) is 11.3 Å². The smallest absolute Gasteiger partial charge is 0.240 e. The fourth-order valence-corrected chi connectivity index (χ4v) is 3.85. The Labute approximate surface area is 133 Å². The van der Waals surface area contributed by atoms with Crippen molar-refractivity contribution in [2.45, 2.75) is 18.2 Å². The zero-order chi connectivity index (χ0) is 15.5. The van der Waals surface area contributed by atoms with Crippen LogP contribution in [0.5, 0.6) is 0 Å². The molecule has 0 saturated heterocycles. The van der Waals surface area contributed by atoms with Crippen molar-refractivity contribution in [3.05, 3.63) is 45.9 Å². The second kappa shape index (κ2) is 6.61. The molecule has 5 nitrogen and oxygen atoms in total. The van der Waals surface area contributed by atoms with Crippen molar-refractivity contribution in [2.24, 2.45) is 5.73 Å². The molecule has 0 radical (unpaired) electrons. The molecule has 0 aliphatic heterocycles. The highest BCUT2D eigenvalue weighted by molar-refractivity contribution is 7.89. The van der Waals surface area contributed by atoms with E-state index in [9.17, 15) is 8.42 Å². The molecule has 0 aliphatic carbocycles. The number of nitrogens with one attached hydrogen (secondary N) is 1. The van der Waals surface area contributed by atoms with Gasteiger partial charge in [0.15, 0.2) is 0 Å². The van der Waals surface area contributed by atoms with E-state index >= 15 is 0 Å². The maximum absolute atomic E-state index is 12.3. The molecule has 0 atom stereocenters. The lowest BCUT2D eigenvalue weighted by molar-refractivity contribution is 0.581. The first-order valence-electron chi connectivity index (χ1n) is 6.18. The molecular weight excluding hydrogens is 326 g/mol. The molecule has 1 heterocycles. The standard InChI is InChI=1S/C13H15N3O2S3/c1-9-8-10(13(14)19)2-3-11(9)21(17,18)16-5-4-12-15-6-7-20-12/h2-3,6-8,16H,4-5H2,1H3,(H2,14,19). The Morgan fingerprint density at radius 1 is 1.48 bits per heavy atom. The highest BCUT2D eigenvalue weighted by Crippen LogP contribution is 2.17. The molecule has 2 aromatic rings. The van der Waals surface area contributed by atoms with Crippen LogP contribution in [0.4, 0.5) is 0 Å². The van der Waals surface area contributed by atoms with Crippen LogP contribution in [0.15, 0.2) is 34.7 Å². The van der Waals surface area contributed by atoms with Crippen LogP contribution < -0.4 is 10.5 Å². The fraction of sp³-hybridized carbons (Fsp3) is 0.231. The molecule has 8 heteroatoms. The van der Waals surface area contributed by atoms with Gasteiger partial charge in [-0.05, 0) is 24.6 Å². The summed E-state index contributed by atoms with van der Waals surface area (Å²) in [6.45, 7) is 2.03. The van der Waals surface area contributed by atoms with Crippen LogP contribution in [0.1, 0.15) is 16.1 Å². The lowest BCUT2D eigenvalue weighted by atomic mass is 10.1. The first-order chi connectivity index (χ1) is 9.90. The first-order valence-corrected chi connectivity index (χ1v) is 8.96. The van der Waals surface area contributed by atoms with Gasteiger partial charge in [-0.25, -0.2) is 18.1 Å². The number of benzene rings is 1. The summed E-state index contributed by atoms with van der Waals surface area (Å²) in [7, 11) is -3.54. The van der Waals surface area contributed by atoms with Gasteiger partial charge in [0.1, 0.15) is 4.99 Å². The van der Waals surface area contributed by atoms with E-state index in [4.69, 9.17) is 18.0 Å². The zero-order valence-electron chi connectivity index (χ0n) is 11.4. The van der Waals surface area contributed by atoms with Crippen LogP contribution in [0, 0.1) is 6.92 Å². The number of sulfonamides is 1. The molecule has 0 bridgehead atoms. The molecule has 0 amide bonds. The average molecular weight is 341 g/mol. The summed E-state index contributed by atoms with van der Waals surface area (Å²) in [6, 6.07) is 4.82. The Bertz CT molecular complexity index is 740. The maximum atomic E-state index is 12.3. The third-order valence-corrected chi connectivity index (χ3v) is 5.56. The SMILES string of the molecule is Cc1cc(C(N)=S)ccc1S(=O)(=O)NCCc1nccs1. The summed E-state index contributed by atoms with van der Waals surface area (Å²) in [5, 5.41) is 2.76. The van der Waals surface area contributed by atoms with Gasteiger partial charge in [-0.3, -0.25) is 0 Å². The highest BCUT2D eigenvalue weighted by Gasteiger charge is 2.17. The minimum atomic E-state index is -3.54. The van der Waals surface area contributed by atoms with Gasteiger partial charge in [0, 0.05) is 30.1 Å². The van der Waals surface area contributed by atoms with Gasteiger partial charge in [0.2, 0.25) is 10.0 Å². The number of hydrogen-bond acceptors (Lipinski definition) is 5. The Kier molecular flexibility index (Phi) is 5.04. The van der Waals surface area contributed by atoms with Crippen molar-refractivity contribution >= 4 is 38.6 Å². The molecule has 1 aromatic heterocycles. The van der Waals surface area contributed by atoms with Crippen LogP contribution in [-0.2, 0) is 16.4 Å². The van der Waals surface area contributed by atoms with Crippen molar-refractivity contribution in [3.8, 4) is 0 Å². The van der Waals surface area contributed by atoms with Crippen molar-refractivity contribution in [2.75, 3.05) is 6.54 Å². The lowest BCUT2D eigenvalue weighted by Gasteiger charge is -2.10. The Morgan fingerprint density at radius 3 is 2.81 bits per heavy atom. The number of nitrogens with zero attached hydrogens (tertiary/aromatic N) is 1. The van der Waals surface area contributed by atoms with Gasteiger partial charge in [0.05, 0.1) is 9.90 Å². The van der Waals surface area contributed by atoms with E-state index in [2.05, 4.69) is 9.71 Å². The number of aromatic nitrogens is 1. The van der Waals surface area contributed by atoms with E-state index < -0.39 is 10.0 Å². The molecule has 0 saturated carbocycles. The fourth-order valence-electron chi connectivity index (χ4n) is 1.85. The summed E-state index contributed by atoms with van der Waals surface area (Å²) in [4.78, 5) is 4.60. The normalized spacial score (nSPS) is 11.5. The molecule has 1 aromatic carbocycles. The molecule has 2 rings (SSSR count). The van der Waals surface area contributed by atoms with E-state index in [0.29, 0.717) is 24.1 Å². The number of nitrogens with two attached hydrogens (primary N) is 1. The summed E-state index contributed by atoms with van der Waals surface area (Å²) >= 11 is 6.38. The molecule has 21 heavy (non-hydrogen) atoms. The zero-order valence-corrected chi connectivity index (χ0v) is 13.8. The average Bonchev–Trinajstić information content (AvgIpc) is 2.91. The maximum Gasteiger partial charge on any atom is 0.240 e. The monoisotopic (exact) mass is 341 g/mol. The van der Waals surface area contributed by atoms with Gasteiger partial charge in [-0.2, -0.15) is 0 Å². The van der Waals surface area contributed by atoms with Crippen LogP contribution in [-0.4, -0.2) is 24.9 Å². The summed E-state index contributed by atoms with van der Waals surface area (Å²) < 4.78 is 27.1. The quantitative estimate of drug-likeness (QED) is 0.780. The lowest BCUT2D eigenvalue weighted by Crippen LogP contribution is -2.26. The summed E-state index contributed by atoms with van der Waals surface area (Å²) in [5.41, 5.74) is 6.81. The van der Waals surface area contributed by atoms with Gasteiger partial charge < -0.3 is 5.73 Å². The molecule has 0 unspecified atom stereocenters. The van der Waals surface area contributed by atoms with Crippen molar-refractivity contribution in [3.63, 3.8) is 0 Å². The largest absolute Gasteiger partial charge is 0.389 e. The Morgan fingerprint density at radius 2 is 2.24 bits per heavy atom. The van der Waals surface area contributed by atoms with Crippen LogP contribution in [0.25, 0.3) is 0 Å². The second-order valence-electron chi connectivity index (χ2n) is 4.42. The molecule has 0 fully saturated rings. The van der Waals surface area contributed by atoms with Crippen LogP contribution >= 0.6 is 23.6 Å². The van der Waals surface area contributed by atoms with E-state index in [1.165, 1.54) is 17.4 Å². The predicted octanol–water partition coefficient (Wildman–Crippen LogP) is 1.61. The molecule has 3 N–H and O–H groups in total. The van der Waals surface area contributed by atoms with Gasteiger partial charge in [-0.1, -0.05) is 18.3 Å². The minimum absolute atomic E-state index is 0.238. The molecule has 112 valence electrons. The highest BCUT2D eigenvalue weighted by atomic mass is 32.2. The summed E-state index contributed by atoms with van der Waals surface area (Å²) in [5.74, 6) is 0. The Balaban J connectivity index is 2.10. The van der Waals surface area contributed by atoms with Crippen LogP contribution in [0.3, 0.4) is 0 Å².